The van der Waals surface area contributed by atoms with E-state index in [0.29, 0.717) is 18.5 Å². The Kier molecular flexibility index (Phi) is 5.43. The van der Waals surface area contributed by atoms with E-state index in [9.17, 15) is 4.79 Å². The van der Waals surface area contributed by atoms with Crippen molar-refractivity contribution in [3.8, 4) is 0 Å². The second-order valence-electron chi connectivity index (χ2n) is 4.29. The Morgan fingerprint density at radius 3 is 2.33 bits per heavy atom. The molecule has 0 aliphatic carbocycles. The first-order valence-corrected chi connectivity index (χ1v) is 6.30. The molecule has 0 bridgehead atoms. The Labute approximate surface area is 109 Å². The van der Waals surface area contributed by atoms with E-state index in [1.165, 1.54) is 5.56 Å². The summed E-state index contributed by atoms with van der Waals surface area (Å²) in [5.41, 5.74) is 2.87. The summed E-state index contributed by atoms with van der Waals surface area (Å²) in [6, 6.07) is 8.35. The first kappa shape index (κ1) is 14.3. The van der Waals surface area contributed by atoms with Crippen LogP contribution < -0.4 is 4.90 Å². The van der Waals surface area contributed by atoms with Crippen LogP contribution in [0.1, 0.15) is 25.8 Å². The highest BCUT2D eigenvalue weighted by Gasteiger charge is 2.05. The Bertz CT molecular complexity index is 421. The van der Waals surface area contributed by atoms with Crippen LogP contribution in [0.15, 0.2) is 35.9 Å². The van der Waals surface area contributed by atoms with Gasteiger partial charge in [-0.15, -0.1) is 0 Å². The number of rotatable bonds is 6. The maximum Gasteiger partial charge on any atom is 0.331 e. The van der Waals surface area contributed by atoms with Gasteiger partial charge in [0.15, 0.2) is 0 Å². The van der Waals surface area contributed by atoms with E-state index >= 15 is 0 Å². The second-order valence-corrected chi connectivity index (χ2v) is 4.29. The van der Waals surface area contributed by atoms with Crippen LogP contribution in [0, 0.1) is 0 Å². The third kappa shape index (κ3) is 3.91. The fraction of sp³-hybridized carbons (Fsp3) is 0.400. The fourth-order valence-corrected chi connectivity index (χ4v) is 1.72. The normalized spacial score (nSPS) is 11.4. The van der Waals surface area contributed by atoms with Crippen LogP contribution in [0.2, 0.25) is 0 Å². The first-order chi connectivity index (χ1) is 8.58. The Hall–Kier alpha value is -1.77. The zero-order chi connectivity index (χ0) is 13.5. The van der Waals surface area contributed by atoms with Gasteiger partial charge in [-0.2, -0.15) is 0 Å². The number of nitrogens with zero attached hydrogens (tertiary/aromatic N) is 1. The van der Waals surface area contributed by atoms with Gasteiger partial charge in [-0.05, 0) is 30.5 Å². The minimum atomic E-state index is -0.827. The summed E-state index contributed by atoms with van der Waals surface area (Å²) >= 11 is 0. The van der Waals surface area contributed by atoms with Crippen LogP contribution in [0.3, 0.4) is 0 Å². The Balaban J connectivity index is 2.69. The van der Waals surface area contributed by atoms with Crippen LogP contribution in [0.25, 0.3) is 0 Å². The van der Waals surface area contributed by atoms with Crippen LogP contribution >= 0.6 is 0 Å². The van der Waals surface area contributed by atoms with Crippen LogP contribution in [0.5, 0.6) is 0 Å². The predicted octanol–water partition coefficient (Wildman–Crippen LogP) is 3.11. The van der Waals surface area contributed by atoms with Gasteiger partial charge in [-0.25, -0.2) is 4.79 Å². The number of hydrogen-bond acceptors (Lipinski definition) is 2. The van der Waals surface area contributed by atoms with Gasteiger partial charge < -0.3 is 10.0 Å². The van der Waals surface area contributed by atoms with Gasteiger partial charge in [-0.3, -0.25) is 0 Å². The molecule has 3 nitrogen and oxygen atoms in total. The summed E-state index contributed by atoms with van der Waals surface area (Å²) in [5.74, 6) is -0.827. The molecule has 0 aliphatic rings. The number of benzene rings is 1. The lowest BCUT2D eigenvalue weighted by Gasteiger charge is -2.18. The van der Waals surface area contributed by atoms with Crippen molar-refractivity contribution in [2.24, 2.45) is 0 Å². The average molecular weight is 247 g/mol. The SMILES string of the molecule is CCC(=CCN(C)c1ccc(CC)cc1)C(=O)O. The van der Waals surface area contributed by atoms with E-state index in [-0.39, 0.29) is 0 Å². The molecule has 0 heterocycles. The number of carboxylic acid groups (broad SMARTS) is 1. The lowest BCUT2D eigenvalue weighted by Crippen LogP contribution is -2.18. The topological polar surface area (TPSA) is 40.5 Å². The van der Waals surface area contributed by atoms with E-state index < -0.39 is 5.97 Å². The summed E-state index contributed by atoms with van der Waals surface area (Å²) in [4.78, 5) is 12.9. The number of hydrogen-bond donors (Lipinski definition) is 1. The highest BCUT2D eigenvalue weighted by Crippen LogP contribution is 2.14. The van der Waals surface area contributed by atoms with Crippen molar-refractivity contribution in [2.45, 2.75) is 26.7 Å². The molecule has 18 heavy (non-hydrogen) atoms. The van der Waals surface area contributed by atoms with Gasteiger partial charge in [0, 0.05) is 24.9 Å². The molecule has 0 saturated heterocycles. The summed E-state index contributed by atoms with van der Waals surface area (Å²) in [6.45, 7) is 4.60. The number of aryl methyl sites for hydroxylation is 1. The van der Waals surface area contributed by atoms with Gasteiger partial charge in [-0.1, -0.05) is 32.1 Å². The monoisotopic (exact) mass is 247 g/mol. The van der Waals surface area contributed by atoms with Gasteiger partial charge in [0.05, 0.1) is 0 Å². The molecule has 1 rings (SSSR count). The van der Waals surface area contributed by atoms with E-state index in [1.54, 1.807) is 6.08 Å². The van der Waals surface area contributed by atoms with Crippen molar-refractivity contribution in [1.82, 2.24) is 0 Å². The van der Waals surface area contributed by atoms with Gasteiger partial charge in [0.25, 0.3) is 0 Å². The third-order valence-corrected chi connectivity index (χ3v) is 3.05. The predicted molar refractivity (Wildman–Crippen MR) is 75.1 cm³/mol. The van der Waals surface area contributed by atoms with Crippen molar-refractivity contribution in [3.63, 3.8) is 0 Å². The lowest BCUT2D eigenvalue weighted by atomic mass is 10.1. The molecule has 0 radical (unpaired) electrons. The molecule has 0 saturated carbocycles. The fourth-order valence-electron chi connectivity index (χ4n) is 1.72. The van der Waals surface area contributed by atoms with Crippen LogP contribution in [-0.4, -0.2) is 24.7 Å². The zero-order valence-electron chi connectivity index (χ0n) is 11.3. The van der Waals surface area contributed by atoms with Crippen molar-refractivity contribution in [2.75, 3.05) is 18.5 Å². The minimum Gasteiger partial charge on any atom is -0.478 e. The van der Waals surface area contributed by atoms with E-state index in [1.807, 2.05) is 18.9 Å². The maximum absolute atomic E-state index is 10.9. The molecule has 0 unspecified atom stereocenters. The number of aliphatic carboxylic acids is 1. The molecular weight excluding hydrogens is 226 g/mol. The molecule has 0 atom stereocenters. The van der Waals surface area contributed by atoms with Crippen molar-refractivity contribution in [1.29, 1.82) is 0 Å². The van der Waals surface area contributed by atoms with Crippen molar-refractivity contribution in [3.05, 3.63) is 41.5 Å². The highest BCUT2D eigenvalue weighted by atomic mass is 16.4. The lowest BCUT2D eigenvalue weighted by molar-refractivity contribution is -0.132. The maximum atomic E-state index is 10.9. The molecule has 0 spiro atoms. The van der Waals surface area contributed by atoms with E-state index in [2.05, 4.69) is 31.2 Å². The first-order valence-electron chi connectivity index (χ1n) is 6.30. The molecular formula is C15H21NO2. The molecule has 1 aromatic carbocycles. The highest BCUT2D eigenvalue weighted by molar-refractivity contribution is 5.86. The van der Waals surface area contributed by atoms with Crippen molar-refractivity contribution >= 4 is 11.7 Å². The van der Waals surface area contributed by atoms with Crippen LogP contribution in [-0.2, 0) is 11.2 Å². The molecule has 98 valence electrons. The number of carboxylic acids is 1. The molecule has 1 aromatic rings. The number of likely N-dealkylation sites (N-methyl/N-ethyl adjacent to an activating group) is 1. The largest absolute Gasteiger partial charge is 0.478 e. The van der Waals surface area contributed by atoms with Gasteiger partial charge in [0.1, 0.15) is 0 Å². The Morgan fingerprint density at radius 1 is 1.28 bits per heavy atom. The molecule has 1 N–H and O–H groups in total. The standard InChI is InChI=1S/C15H21NO2/c1-4-12-6-8-14(9-7-12)16(3)11-10-13(5-2)15(17)18/h6-10H,4-5,11H2,1-3H3,(H,17,18). The molecule has 0 amide bonds. The van der Waals surface area contributed by atoms with Crippen LogP contribution in [0.4, 0.5) is 5.69 Å². The summed E-state index contributed by atoms with van der Waals surface area (Å²) < 4.78 is 0. The molecule has 3 heteroatoms. The smallest absolute Gasteiger partial charge is 0.331 e. The zero-order valence-corrected chi connectivity index (χ0v) is 11.3. The molecule has 0 aromatic heterocycles. The third-order valence-electron chi connectivity index (χ3n) is 3.05. The molecule has 0 aliphatic heterocycles. The van der Waals surface area contributed by atoms with E-state index in [4.69, 9.17) is 5.11 Å². The Morgan fingerprint density at radius 2 is 1.89 bits per heavy atom. The summed E-state index contributed by atoms with van der Waals surface area (Å²) in [6.07, 6.45) is 3.36. The molecule has 0 fully saturated rings. The van der Waals surface area contributed by atoms with Gasteiger partial charge >= 0.3 is 5.97 Å². The number of anilines is 1. The van der Waals surface area contributed by atoms with Gasteiger partial charge in [0.2, 0.25) is 0 Å². The second kappa shape index (κ2) is 6.84. The van der Waals surface area contributed by atoms with E-state index in [0.717, 1.165) is 12.1 Å². The average Bonchev–Trinajstić information content (AvgIpc) is 2.39. The minimum absolute atomic E-state index is 0.465. The summed E-state index contributed by atoms with van der Waals surface area (Å²) in [7, 11) is 1.96. The van der Waals surface area contributed by atoms with Crippen molar-refractivity contribution < 1.29 is 9.90 Å². The number of carbonyl (C=O) groups is 1. The summed E-state index contributed by atoms with van der Waals surface area (Å²) in [5, 5.41) is 8.94. The quantitative estimate of drug-likeness (QED) is 0.785.